The molecule has 2 aromatic rings. The van der Waals surface area contributed by atoms with Gasteiger partial charge in [0.2, 0.25) is 11.5 Å². The molecule has 3 N–H and O–H groups in total. The third kappa shape index (κ3) is 2.39. The van der Waals surface area contributed by atoms with Crippen LogP contribution in [0.3, 0.4) is 0 Å². The van der Waals surface area contributed by atoms with Gasteiger partial charge >= 0.3 is 0 Å². The molecular formula is C8H7BrN4O2S. The molecule has 0 atom stereocenters. The highest BCUT2D eigenvalue weighted by atomic mass is 79.9. The van der Waals surface area contributed by atoms with Crippen molar-refractivity contribution in [2.75, 3.05) is 5.73 Å². The number of nitrogen functional groups attached to an aromatic ring is 1. The molecule has 0 fully saturated rings. The number of anilines is 1. The van der Waals surface area contributed by atoms with Crippen molar-refractivity contribution in [1.82, 2.24) is 15.6 Å². The number of nitrogens with zero attached hydrogens (tertiary/aromatic N) is 2. The highest BCUT2D eigenvalue weighted by Crippen LogP contribution is 2.21. The molecule has 1 amide bonds. The van der Waals surface area contributed by atoms with Gasteiger partial charge in [0.1, 0.15) is 0 Å². The van der Waals surface area contributed by atoms with E-state index in [1.165, 1.54) is 0 Å². The largest absolute Gasteiger partial charge is 0.379 e. The van der Waals surface area contributed by atoms with E-state index in [1.54, 1.807) is 11.3 Å². The van der Waals surface area contributed by atoms with Gasteiger partial charge in [0.25, 0.3) is 5.91 Å². The maximum absolute atomic E-state index is 11.5. The number of carbonyl (C=O) groups excluding carboxylic acids is 1. The van der Waals surface area contributed by atoms with E-state index in [0.29, 0.717) is 6.54 Å². The Morgan fingerprint density at radius 3 is 2.94 bits per heavy atom. The third-order valence-corrected chi connectivity index (χ3v) is 3.40. The number of nitrogens with one attached hydrogen (secondary N) is 1. The van der Waals surface area contributed by atoms with Crippen LogP contribution in [0.4, 0.5) is 5.82 Å². The second-order valence-electron chi connectivity index (χ2n) is 2.89. The predicted molar refractivity (Wildman–Crippen MR) is 61.9 cm³/mol. The van der Waals surface area contributed by atoms with Crippen molar-refractivity contribution in [3.8, 4) is 0 Å². The summed E-state index contributed by atoms with van der Waals surface area (Å²) in [6.45, 7) is 0.418. The average Bonchev–Trinajstić information content (AvgIpc) is 2.84. The van der Waals surface area contributed by atoms with Gasteiger partial charge in [-0.15, -0.1) is 11.3 Å². The highest BCUT2D eigenvalue weighted by Gasteiger charge is 2.15. The minimum atomic E-state index is -0.400. The van der Waals surface area contributed by atoms with E-state index in [0.717, 1.165) is 8.66 Å². The fraction of sp³-hybridized carbons (Fsp3) is 0.125. The molecule has 0 aromatic carbocycles. The second kappa shape index (κ2) is 4.62. The van der Waals surface area contributed by atoms with Crippen molar-refractivity contribution in [1.29, 1.82) is 0 Å². The zero-order chi connectivity index (χ0) is 11.5. The van der Waals surface area contributed by atoms with E-state index in [4.69, 9.17) is 5.73 Å². The molecule has 0 bridgehead atoms. The number of rotatable bonds is 3. The molecule has 0 saturated heterocycles. The molecule has 0 spiro atoms. The van der Waals surface area contributed by atoms with Crippen molar-refractivity contribution in [3.63, 3.8) is 0 Å². The standard InChI is InChI=1S/C8H7BrN4O2S/c9-5-2-1-4(16-5)3-11-8(14)6-7(10)13-15-12-6/h1-2H,3H2,(H2,10,13)(H,11,14). The summed E-state index contributed by atoms with van der Waals surface area (Å²) in [6.07, 6.45) is 0. The number of halogens is 1. The SMILES string of the molecule is Nc1nonc1C(=O)NCc1ccc(Br)s1. The molecule has 2 rings (SSSR count). The molecule has 6 nitrogen and oxygen atoms in total. The van der Waals surface area contributed by atoms with Crippen LogP contribution >= 0.6 is 27.3 Å². The number of aromatic nitrogens is 2. The number of nitrogens with two attached hydrogens (primary N) is 1. The van der Waals surface area contributed by atoms with Crippen molar-refractivity contribution in [2.24, 2.45) is 0 Å². The Morgan fingerprint density at radius 2 is 2.38 bits per heavy atom. The molecule has 0 aliphatic rings. The first-order chi connectivity index (χ1) is 7.66. The zero-order valence-electron chi connectivity index (χ0n) is 7.94. The first-order valence-corrected chi connectivity index (χ1v) is 5.88. The molecule has 0 radical (unpaired) electrons. The van der Waals surface area contributed by atoms with Crippen molar-refractivity contribution in [3.05, 3.63) is 26.5 Å². The fourth-order valence-corrected chi connectivity index (χ4v) is 2.47. The zero-order valence-corrected chi connectivity index (χ0v) is 10.3. The molecule has 16 heavy (non-hydrogen) atoms. The van der Waals surface area contributed by atoms with Crippen LogP contribution in [0.5, 0.6) is 0 Å². The average molecular weight is 303 g/mol. The van der Waals surface area contributed by atoms with Gasteiger partial charge in [-0.3, -0.25) is 4.79 Å². The predicted octanol–water partition coefficient (Wildman–Crippen LogP) is 1.41. The van der Waals surface area contributed by atoms with E-state index in [9.17, 15) is 4.79 Å². The summed E-state index contributed by atoms with van der Waals surface area (Å²) in [7, 11) is 0. The van der Waals surface area contributed by atoms with Crippen LogP contribution in [-0.2, 0) is 6.54 Å². The highest BCUT2D eigenvalue weighted by molar-refractivity contribution is 9.11. The lowest BCUT2D eigenvalue weighted by Crippen LogP contribution is -2.23. The van der Waals surface area contributed by atoms with Crippen LogP contribution in [0.15, 0.2) is 20.5 Å². The van der Waals surface area contributed by atoms with Gasteiger partial charge in [-0.1, -0.05) is 0 Å². The Labute approximate surface area is 103 Å². The molecule has 8 heteroatoms. The number of amides is 1. The number of thiophene rings is 1. The van der Waals surface area contributed by atoms with E-state index >= 15 is 0 Å². The van der Waals surface area contributed by atoms with Gasteiger partial charge in [0.15, 0.2) is 0 Å². The fourth-order valence-electron chi connectivity index (χ4n) is 1.05. The van der Waals surface area contributed by atoms with Crippen molar-refractivity contribution < 1.29 is 9.42 Å². The number of carbonyl (C=O) groups is 1. The Bertz CT molecular complexity index is 510. The number of hydrogen-bond acceptors (Lipinski definition) is 6. The third-order valence-electron chi connectivity index (χ3n) is 1.78. The van der Waals surface area contributed by atoms with Crippen LogP contribution in [-0.4, -0.2) is 16.2 Å². The summed E-state index contributed by atoms with van der Waals surface area (Å²) in [5.41, 5.74) is 5.39. The van der Waals surface area contributed by atoms with Crippen LogP contribution in [0.2, 0.25) is 0 Å². The molecule has 0 saturated carbocycles. The minimum Gasteiger partial charge on any atom is -0.379 e. The second-order valence-corrected chi connectivity index (χ2v) is 5.43. The summed E-state index contributed by atoms with van der Waals surface area (Å²) >= 11 is 4.88. The molecule has 84 valence electrons. The van der Waals surface area contributed by atoms with Gasteiger partial charge in [0.05, 0.1) is 10.3 Å². The van der Waals surface area contributed by atoms with Crippen LogP contribution < -0.4 is 11.1 Å². The van der Waals surface area contributed by atoms with Gasteiger partial charge in [-0.25, -0.2) is 4.63 Å². The quantitative estimate of drug-likeness (QED) is 0.894. The summed E-state index contributed by atoms with van der Waals surface area (Å²) < 4.78 is 5.35. The van der Waals surface area contributed by atoms with Gasteiger partial charge in [0, 0.05) is 4.88 Å². The Morgan fingerprint density at radius 1 is 1.56 bits per heavy atom. The van der Waals surface area contributed by atoms with E-state index in [1.807, 2.05) is 12.1 Å². The first kappa shape index (κ1) is 11.1. The van der Waals surface area contributed by atoms with Crippen molar-refractivity contribution in [2.45, 2.75) is 6.54 Å². The topological polar surface area (TPSA) is 94.0 Å². The van der Waals surface area contributed by atoms with E-state index in [2.05, 4.69) is 36.2 Å². The summed E-state index contributed by atoms with van der Waals surface area (Å²) in [4.78, 5) is 12.6. The molecule has 0 unspecified atom stereocenters. The van der Waals surface area contributed by atoms with Crippen LogP contribution in [0.25, 0.3) is 0 Å². The summed E-state index contributed by atoms with van der Waals surface area (Å²) in [5.74, 6) is -0.409. The minimum absolute atomic E-state index is 0.00939. The van der Waals surface area contributed by atoms with Crippen LogP contribution in [0, 0.1) is 0 Å². The monoisotopic (exact) mass is 302 g/mol. The van der Waals surface area contributed by atoms with Gasteiger partial charge in [-0.2, -0.15) is 0 Å². The summed E-state index contributed by atoms with van der Waals surface area (Å²) in [5, 5.41) is 9.39. The first-order valence-electron chi connectivity index (χ1n) is 4.27. The number of hydrogen-bond donors (Lipinski definition) is 2. The smallest absolute Gasteiger partial charge is 0.277 e. The molecule has 0 aliphatic carbocycles. The van der Waals surface area contributed by atoms with Gasteiger partial charge < -0.3 is 11.1 Å². The lowest BCUT2D eigenvalue weighted by molar-refractivity contribution is 0.0942. The summed E-state index contributed by atoms with van der Waals surface area (Å²) in [6, 6.07) is 3.83. The lowest BCUT2D eigenvalue weighted by Gasteiger charge is -1.99. The Kier molecular flexibility index (Phi) is 3.20. The normalized spacial score (nSPS) is 10.3. The molecular weight excluding hydrogens is 296 g/mol. The molecule has 2 heterocycles. The molecule has 2 aromatic heterocycles. The maximum Gasteiger partial charge on any atom is 0.277 e. The van der Waals surface area contributed by atoms with Gasteiger partial charge in [-0.05, 0) is 38.4 Å². The molecule has 0 aliphatic heterocycles. The van der Waals surface area contributed by atoms with E-state index in [-0.39, 0.29) is 11.5 Å². The Hall–Kier alpha value is -1.41. The van der Waals surface area contributed by atoms with Crippen LogP contribution in [0.1, 0.15) is 15.4 Å². The van der Waals surface area contributed by atoms with Crippen molar-refractivity contribution >= 4 is 39.0 Å². The van der Waals surface area contributed by atoms with E-state index < -0.39 is 5.91 Å². The maximum atomic E-state index is 11.5. The Balaban J connectivity index is 1.96. The lowest BCUT2D eigenvalue weighted by atomic mass is 10.4.